The highest BCUT2D eigenvalue weighted by atomic mass is 16.2. The van der Waals surface area contributed by atoms with Gasteiger partial charge in [-0.05, 0) is 37.5 Å². The quantitative estimate of drug-likeness (QED) is 0.791. The second-order valence-corrected chi connectivity index (χ2v) is 4.92. The van der Waals surface area contributed by atoms with Crippen LogP contribution < -0.4 is 10.9 Å². The zero-order valence-electron chi connectivity index (χ0n) is 11.6. The summed E-state index contributed by atoms with van der Waals surface area (Å²) < 4.78 is 1.82. The van der Waals surface area contributed by atoms with Crippen LogP contribution in [-0.2, 0) is 13.0 Å². The van der Waals surface area contributed by atoms with Crippen molar-refractivity contribution < 1.29 is 9.59 Å². The van der Waals surface area contributed by atoms with E-state index in [4.69, 9.17) is 0 Å². The summed E-state index contributed by atoms with van der Waals surface area (Å²) in [5.41, 5.74) is 7.09. The van der Waals surface area contributed by atoms with E-state index in [-0.39, 0.29) is 5.69 Å². The third-order valence-corrected chi connectivity index (χ3v) is 3.41. The molecule has 3 rings (SSSR count). The Morgan fingerprint density at radius 2 is 2.10 bits per heavy atom. The van der Waals surface area contributed by atoms with Crippen LogP contribution in [0.1, 0.15) is 38.7 Å². The van der Waals surface area contributed by atoms with Gasteiger partial charge in [-0.1, -0.05) is 6.07 Å². The lowest BCUT2D eigenvalue weighted by Gasteiger charge is -2.07. The van der Waals surface area contributed by atoms with E-state index < -0.39 is 11.8 Å². The van der Waals surface area contributed by atoms with Crippen LogP contribution in [0.4, 0.5) is 0 Å². The normalized spacial score (nSPS) is 12.8. The van der Waals surface area contributed by atoms with Gasteiger partial charge >= 0.3 is 0 Å². The minimum absolute atomic E-state index is 0.283. The zero-order chi connectivity index (χ0) is 14.8. The number of carbonyl (C=O) groups excluding carboxylic acids is 2. The van der Waals surface area contributed by atoms with Crippen molar-refractivity contribution in [3.63, 3.8) is 0 Å². The molecule has 1 aliphatic rings. The first-order valence-electron chi connectivity index (χ1n) is 6.74. The van der Waals surface area contributed by atoms with Gasteiger partial charge in [-0.2, -0.15) is 5.10 Å². The molecule has 1 aliphatic heterocycles. The molecule has 0 radical (unpaired) electrons. The number of amides is 2. The molecule has 0 saturated carbocycles. The molecule has 3 heterocycles. The third kappa shape index (κ3) is 2.62. The van der Waals surface area contributed by atoms with Gasteiger partial charge in [0.25, 0.3) is 11.8 Å². The maximum atomic E-state index is 11.9. The maximum Gasteiger partial charge on any atom is 0.290 e. The number of nitrogens with zero attached hydrogens (tertiary/aromatic N) is 3. The number of aromatic nitrogens is 3. The lowest BCUT2D eigenvalue weighted by atomic mass is 10.2. The van der Waals surface area contributed by atoms with Crippen LogP contribution in [0.3, 0.4) is 0 Å². The Labute approximate surface area is 121 Å². The zero-order valence-corrected chi connectivity index (χ0v) is 11.6. The number of aryl methyl sites for hydroxylation is 3. The van der Waals surface area contributed by atoms with Gasteiger partial charge in [0.2, 0.25) is 0 Å². The van der Waals surface area contributed by atoms with Crippen molar-refractivity contribution in [2.45, 2.75) is 26.3 Å². The number of carbonyl (C=O) groups is 2. The summed E-state index contributed by atoms with van der Waals surface area (Å²) in [6, 6.07) is 5.28. The number of hydrogen-bond acceptors (Lipinski definition) is 4. The molecule has 21 heavy (non-hydrogen) atoms. The second kappa shape index (κ2) is 5.35. The van der Waals surface area contributed by atoms with E-state index in [2.05, 4.69) is 20.9 Å². The van der Waals surface area contributed by atoms with Crippen LogP contribution in [0.5, 0.6) is 0 Å². The second-order valence-electron chi connectivity index (χ2n) is 4.92. The number of fused-ring (bicyclic) bond motifs is 1. The molecule has 2 aromatic rings. The summed E-state index contributed by atoms with van der Waals surface area (Å²) in [5.74, 6) is -0.882. The molecule has 0 unspecified atom stereocenters. The van der Waals surface area contributed by atoms with Gasteiger partial charge in [0.15, 0.2) is 5.69 Å². The number of hydrazine groups is 1. The molecule has 2 aromatic heterocycles. The summed E-state index contributed by atoms with van der Waals surface area (Å²) in [6.07, 6.45) is 3.52. The van der Waals surface area contributed by atoms with E-state index in [1.807, 2.05) is 4.68 Å². The highest BCUT2D eigenvalue weighted by Gasteiger charge is 2.18. The van der Waals surface area contributed by atoms with Crippen molar-refractivity contribution in [1.82, 2.24) is 25.6 Å². The van der Waals surface area contributed by atoms with Gasteiger partial charge in [-0.25, -0.2) is 0 Å². The molecule has 0 aromatic carbocycles. The van der Waals surface area contributed by atoms with E-state index in [9.17, 15) is 9.59 Å². The highest BCUT2D eigenvalue weighted by molar-refractivity contribution is 5.97. The van der Waals surface area contributed by atoms with Crippen LogP contribution >= 0.6 is 0 Å². The molecule has 0 aliphatic carbocycles. The van der Waals surface area contributed by atoms with E-state index in [1.54, 1.807) is 25.1 Å². The minimum Gasteiger partial charge on any atom is -0.269 e. The Morgan fingerprint density at radius 1 is 1.29 bits per heavy atom. The summed E-state index contributed by atoms with van der Waals surface area (Å²) >= 11 is 0. The van der Waals surface area contributed by atoms with E-state index >= 15 is 0 Å². The van der Waals surface area contributed by atoms with Crippen LogP contribution in [-0.4, -0.2) is 26.6 Å². The number of pyridine rings is 1. The SMILES string of the molecule is Cc1cccnc1C(=O)NNC(=O)c1cc2n(n1)CCC2. The standard InChI is InChI=1S/C14H15N5O2/c1-9-4-2-6-15-12(9)14(21)17-16-13(20)11-8-10-5-3-7-19(10)18-11/h2,4,6,8H,3,5,7H2,1H3,(H,16,20)(H,17,21). The van der Waals surface area contributed by atoms with Crippen LogP contribution in [0.2, 0.25) is 0 Å². The van der Waals surface area contributed by atoms with Gasteiger partial charge in [0.1, 0.15) is 5.69 Å². The molecule has 0 atom stereocenters. The predicted molar refractivity (Wildman–Crippen MR) is 74.5 cm³/mol. The Balaban J connectivity index is 1.63. The van der Waals surface area contributed by atoms with Crippen molar-refractivity contribution in [3.8, 4) is 0 Å². The Kier molecular flexibility index (Phi) is 3.39. The maximum absolute atomic E-state index is 11.9. The smallest absolute Gasteiger partial charge is 0.269 e. The fraction of sp³-hybridized carbons (Fsp3) is 0.286. The highest BCUT2D eigenvalue weighted by Crippen LogP contribution is 2.14. The van der Waals surface area contributed by atoms with Crippen LogP contribution in [0.25, 0.3) is 0 Å². The average Bonchev–Trinajstić information content (AvgIpc) is 3.06. The van der Waals surface area contributed by atoms with Crippen LogP contribution in [0.15, 0.2) is 24.4 Å². The summed E-state index contributed by atoms with van der Waals surface area (Å²) in [4.78, 5) is 27.9. The van der Waals surface area contributed by atoms with Gasteiger partial charge in [-0.3, -0.25) is 30.1 Å². The van der Waals surface area contributed by atoms with E-state index in [1.165, 1.54) is 6.20 Å². The van der Waals surface area contributed by atoms with E-state index in [0.29, 0.717) is 5.69 Å². The van der Waals surface area contributed by atoms with Gasteiger partial charge in [0, 0.05) is 18.4 Å². The monoisotopic (exact) mass is 285 g/mol. The summed E-state index contributed by atoms with van der Waals surface area (Å²) in [6.45, 7) is 2.62. The topological polar surface area (TPSA) is 88.9 Å². The van der Waals surface area contributed by atoms with Crippen molar-refractivity contribution in [2.24, 2.45) is 0 Å². The largest absolute Gasteiger partial charge is 0.290 e. The number of rotatable bonds is 2. The fourth-order valence-electron chi connectivity index (χ4n) is 2.33. The molecule has 0 saturated heterocycles. The number of hydrogen-bond donors (Lipinski definition) is 2. The lowest BCUT2D eigenvalue weighted by Crippen LogP contribution is -2.42. The molecule has 0 bridgehead atoms. The summed E-state index contributed by atoms with van der Waals surface area (Å²) in [7, 11) is 0. The molecule has 7 nitrogen and oxygen atoms in total. The van der Waals surface area contributed by atoms with Crippen molar-refractivity contribution >= 4 is 11.8 Å². The van der Waals surface area contributed by atoms with Crippen molar-refractivity contribution in [3.05, 3.63) is 47.0 Å². The first-order chi connectivity index (χ1) is 10.1. The molecule has 2 N–H and O–H groups in total. The lowest BCUT2D eigenvalue weighted by molar-refractivity contribution is 0.0840. The first kappa shape index (κ1) is 13.3. The minimum atomic E-state index is -0.451. The molecule has 0 fully saturated rings. The van der Waals surface area contributed by atoms with Gasteiger partial charge in [-0.15, -0.1) is 0 Å². The Bertz CT molecular complexity index is 686. The molecular weight excluding hydrogens is 270 g/mol. The average molecular weight is 285 g/mol. The predicted octanol–water partition coefficient (Wildman–Crippen LogP) is 0.608. The first-order valence-corrected chi connectivity index (χ1v) is 6.74. The Hall–Kier alpha value is -2.70. The molecule has 2 amide bonds. The van der Waals surface area contributed by atoms with Gasteiger partial charge < -0.3 is 0 Å². The molecular formula is C14H15N5O2. The summed E-state index contributed by atoms with van der Waals surface area (Å²) in [5, 5.41) is 4.20. The van der Waals surface area contributed by atoms with Crippen molar-refractivity contribution in [2.75, 3.05) is 0 Å². The number of nitrogens with one attached hydrogen (secondary N) is 2. The van der Waals surface area contributed by atoms with Crippen molar-refractivity contribution in [1.29, 1.82) is 0 Å². The molecule has 0 spiro atoms. The Morgan fingerprint density at radius 3 is 2.86 bits per heavy atom. The van der Waals surface area contributed by atoms with E-state index in [0.717, 1.165) is 30.6 Å². The van der Waals surface area contributed by atoms with Gasteiger partial charge in [0.05, 0.1) is 0 Å². The van der Waals surface area contributed by atoms with Crippen LogP contribution in [0, 0.1) is 6.92 Å². The third-order valence-electron chi connectivity index (χ3n) is 3.41. The molecule has 108 valence electrons. The fourth-order valence-corrected chi connectivity index (χ4v) is 2.33. The molecule has 7 heteroatoms.